The lowest BCUT2D eigenvalue weighted by molar-refractivity contribution is -0.118. The van der Waals surface area contributed by atoms with Gasteiger partial charge in [0.05, 0.1) is 23.0 Å². The van der Waals surface area contributed by atoms with Crippen LogP contribution in [0.15, 0.2) is 71.3 Å². The number of carbonyl (C=O) groups is 1. The SMILES string of the molecule is Cc1ccc2nc(N(Cc3ccco3)C(=O)CCc3ccccc3)sc2c1. The topological polar surface area (TPSA) is 46.3 Å². The molecule has 5 heteroatoms. The van der Waals surface area contributed by atoms with E-state index in [0.717, 1.165) is 21.5 Å². The zero-order valence-corrected chi connectivity index (χ0v) is 15.9. The highest BCUT2D eigenvalue weighted by atomic mass is 32.1. The number of carbonyl (C=O) groups excluding carboxylic acids is 1. The molecule has 0 fully saturated rings. The molecule has 136 valence electrons. The van der Waals surface area contributed by atoms with Gasteiger partial charge in [-0.1, -0.05) is 47.7 Å². The number of hydrogen-bond donors (Lipinski definition) is 0. The van der Waals surface area contributed by atoms with Crippen molar-refractivity contribution in [3.8, 4) is 0 Å². The lowest BCUT2D eigenvalue weighted by Gasteiger charge is -2.18. The van der Waals surface area contributed by atoms with Crippen LogP contribution in [-0.2, 0) is 17.8 Å². The minimum atomic E-state index is 0.0473. The van der Waals surface area contributed by atoms with Crippen LogP contribution in [0.1, 0.15) is 23.3 Å². The second kappa shape index (κ2) is 7.76. The van der Waals surface area contributed by atoms with Gasteiger partial charge in [-0.2, -0.15) is 0 Å². The Morgan fingerprint density at radius 3 is 2.74 bits per heavy atom. The van der Waals surface area contributed by atoms with E-state index in [1.807, 2.05) is 54.6 Å². The quantitative estimate of drug-likeness (QED) is 0.455. The summed E-state index contributed by atoms with van der Waals surface area (Å²) < 4.78 is 6.56. The Bertz CT molecular complexity index is 1040. The number of amides is 1. The summed E-state index contributed by atoms with van der Waals surface area (Å²) >= 11 is 1.54. The molecular formula is C22H20N2O2S. The predicted molar refractivity (Wildman–Crippen MR) is 109 cm³/mol. The Morgan fingerprint density at radius 1 is 1.11 bits per heavy atom. The number of aromatic nitrogens is 1. The van der Waals surface area contributed by atoms with E-state index in [4.69, 9.17) is 9.40 Å². The van der Waals surface area contributed by atoms with Gasteiger partial charge in [0.15, 0.2) is 5.13 Å². The summed E-state index contributed by atoms with van der Waals surface area (Å²) in [6, 6.07) is 19.9. The Labute approximate surface area is 162 Å². The summed E-state index contributed by atoms with van der Waals surface area (Å²) in [5.41, 5.74) is 3.26. The Hall–Kier alpha value is -2.92. The fraction of sp³-hybridized carbons (Fsp3) is 0.182. The number of furan rings is 1. The fourth-order valence-corrected chi connectivity index (χ4v) is 4.07. The first kappa shape index (κ1) is 17.5. The summed E-state index contributed by atoms with van der Waals surface area (Å²) in [6.07, 6.45) is 2.77. The molecule has 1 amide bonds. The van der Waals surface area contributed by atoms with Gasteiger partial charge in [-0.15, -0.1) is 0 Å². The number of aryl methyl sites for hydroxylation is 2. The molecule has 2 aromatic carbocycles. The van der Waals surface area contributed by atoms with Gasteiger partial charge in [-0.25, -0.2) is 4.98 Å². The number of benzene rings is 2. The fourth-order valence-electron chi connectivity index (χ4n) is 2.99. The summed E-state index contributed by atoms with van der Waals surface area (Å²) in [7, 11) is 0. The van der Waals surface area contributed by atoms with E-state index in [9.17, 15) is 4.79 Å². The van der Waals surface area contributed by atoms with Crippen LogP contribution in [0.2, 0.25) is 0 Å². The molecule has 2 aromatic heterocycles. The molecule has 0 aliphatic carbocycles. The molecule has 4 rings (SSSR count). The predicted octanol–water partition coefficient (Wildman–Crippen LogP) is 5.36. The van der Waals surface area contributed by atoms with Gasteiger partial charge in [-0.3, -0.25) is 9.69 Å². The minimum absolute atomic E-state index is 0.0473. The monoisotopic (exact) mass is 376 g/mol. The molecular weight excluding hydrogens is 356 g/mol. The van der Waals surface area contributed by atoms with Gasteiger partial charge in [0.1, 0.15) is 5.76 Å². The number of fused-ring (bicyclic) bond motifs is 1. The average molecular weight is 376 g/mol. The minimum Gasteiger partial charge on any atom is -0.467 e. The molecule has 0 bridgehead atoms. The Balaban J connectivity index is 1.60. The molecule has 4 aromatic rings. The molecule has 0 N–H and O–H groups in total. The van der Waals surface area contributed by atoms with Crippen molar-refractivity contribution in [1.29, 1.82) is 0 Å². The maximum Gasteiger partial charge on any atom is 0.229 e. The maximum atomic E-state index is 13.0. The van der Waals surface area contributed by atoms with E-state index in [-0.39, 0.29) is 5.91 Å². The number of nitrogens with zero attached hydrogens (tertiary/aromatic N) is 2. The van der Waals surface area contributed by atoms with Crippen molar-refractivity contribution < 1.29 is 9.21 Å². The average Bonchev–Trinajstić information content (AvgIpc) is 3.34. The van der Waals surface area contributed by atoms with E-state index >= 15 is 0 Å². The lowest BCUT2D eigenvalue weighted by atomic mass is 10.1. The van der Waals surface area contributed by atoms with Crippen LogP contribution >= 0.6 is 11.3 Å². The lowest BCUT2D eigenvalue weighted by Crippen LogP contribution is -2.30. The van der Waals surface area contributed by atoms with Crippen molar-refractivity contribution >= 4 is 32.6 Å². The van der Waals surface area contributed by atoms with Gasteiger partial charge in [0.2, 0.25) is 5.91 Å². The smallest absolute Gasteiger partial charge is 0.229 e. The second-order valence-electron chi connectivity index (χ2n) is 6.51. The number of rotatable bonds is 6. The first-order valence-electron chi connectivity index (χ1n) is 8.93. The number of anilines is 1. The highest BCUT2D eigenvalue weighted by molar-refractivity contribution is 7.22. The summed E-state index contributed by atoms with van der Waals surface area (Å²) in [6.45, 7) is 2.45. The summed E-state index contributed by atoms with van der Waals surface area (Å²) in [5, 5.41) is 0.713. The molecule has 27 heavy (non-hydrogen) atoms. The molecule has 0 atom stereocenters. The molecule has 0 spiro atoms. The van der Waals surface area contributed by atoms with Gasteiger partial charge < -0.3 is 4.42 Å². The first-order valence-corrected chi connectivity index (χ1v) is 9.74. The molecule has 0 saturated carbocycles. The van der Waals surface area contributed by atoms with Crippen molar-refractivity contribution in [3.63, 3.8) is 0 Å². The number of thiazole rings is 1. The van der Waals surface area contributed by atoms with Crippen LogP contribution < -0.4 is 4.90 Å². The second-order valence-corrected chi connectivity index (χ2v) is 7.52. The number of hydrogen-bond acceptors (Lipinski definition) is 4. The molecule has 0 radical (unpaired) electrons. The van der Waals surface area contributed by atoms with Gasteiger partial charge in [-0.05, 0) is 48.7 Å². The van der Waals surface area contributed by atoms with Crippen LogP contribution in [0.5, 0.6) is 0 Å². The maximum absolute atomic E-state index is 13.0. The molecule has 0 saturated heterocycles. The van der Waals surface area contributed by atoms with Gasteiger partial charge in [0, 0.05) is 6.42 Å². The zero-order chi connectivity index (χ0) is 18.6. The standard InChI is InChI=1S/C22H20N2O2S/c1-16-9-11-19-20(14-16)27-22(23-19)24(15-18-8-5-13-26-18)21(25)12-10-17-6-3-2-4-7-17/h2-9,11,13-14H,10,12,15H2,1H3. The van der Waals surface area contributed by atoms with E-state index < -0.39 is 0 Å². The molecule has 2 heterocycles. The van der Waals surface area contributed by atoms with Crippen molar-refractivity contribution in [2.45, 2.75) is 26.3 Å². The van der Waals surface area contributed by atoms with Crippen LogP contribution in [0.25, 0.3) is 10.2 Å². The largest absolute Gasteiger partial charge is 0.467 e. The normalized spacial score (nSPS) is 11.0. The third-order valence-corrected chi connectivity index (χ3v) is 5.47. The van der Waals surface area contributed by atoms with Gasteiger partial charge >= 0.3 is 0 Å². The van der Waals surface area contributed by atoms with Crippen molar-refractivity contribution in [1.82, 2.24) is 4.98 Å². The van der Waals surface area contributed by atoms with Crippen molar-refractivity contribution in [3.05, 3.63) is 83.8 Å². The van der Waals surface area contributed by atoms with Crippen LogP contribution in [0.3, 0.4) is 0 Å². The van der Waals surface area contributed by atoms with E-state index in [1.54, 1.807) is 22.5 Å². The third-order valence-electron chi connectivity index (χ3n) is 4.43. The van der Waals surface area contributed by atoms with E-state index in [1.165, 1.54) is 5.56 Å². The summed E-state index contributed by atoms with van der Waals surface area (Å²) in [5.74, 6) is 0.796. The summed E-state index contributed by atoms with van der Waals surface area (Å²) in [4.78, 5) is 19.5. The molecule has 0 aliphatic heterocycles. The molecule has 0 unspecified atom stereocenters. The van der Waals surface area contributed by atoms with E-state index in [2.05, 4.69) is 13.0 Å². The van der Waals surface area contributed by atoms with E-state index in [0.29, 0.717) is 24.5 Å². The van der Waals surface area contributed by atoms with Crippen LogP contribution in [0, 0.1) is 6.92 Å². The Kier molecular flexibility index (Phi) is 5.03. The highest BCUT2D eigenvalue weighted by Crippen LogP contribution is 2.31. The molecule has 0 aliphatic rings. The third kappa shape index (κ3) is 4.09. The first-order chi connectivity index (χ1) is 13.2. The van der Waals surface area contributed by atoms with Crippen LogP contribution in [0.4, 0.5) is 5.13 Å². The zero-order valence-electron chi connectivity index (χ0n) is 15.1. The highest BCUT2D eigenvalue weighted by Gasteiger charge is 2.21. The Morgan fingerprint density at radius 2 is 1.96 bits per heavy atom. The van der Waals surface area contributed by atoms with Crippen molar-refractivity contribution in [2.75, 3.05) is 4.90 Å². The van der Waals surface area contributed by atoms with Gasteiger partial charge in [0.25, 0.3) is 0 Å². The molecule has 4 nitrogen and oxygen atoms in total. The van der Waals surface area contributed by atoms with Crippen LogP contribution in [-0.4, -0.2) is 10.9 Å². The van der Waals surface area contributed by atoms with Crippen molar-refractivity contribution in [2.24, 2.45) is 0 Å².